The number of carbonyl (C=O) groups excluding carboxylic acids is 2. The number of benzene rings is 2. The summed E-state index contributed by atoms with van der Waals surface area (Å²) in [5.41, 5.74) is 1.35. The Morgan fingerprint density at radius 3 is 2.59 bits per heavy atom. The van der Waals surface area contributed by atoms with Gasteiger partial charge in [-0.3, -0.25) is 4.79 Å². The summed E-state index contributed by atoms with van der Waals surface area (Å²) in [6, 6.07) is 14.5. The van der Waals surface area contributed by atoms with Crippen LogP contribution in [0.15, 0.2) is 54.6 Å². The molecule has 0 aliphatic heterocycles. The van der Waals surface area contributed by atoms with Gasteiger partial charge in [-0.15, -0.1) is 11.3 Å². The van der Waals surface area contributed by atoms with E-state index in [2.05, 4.69) is 4.98 Å². The molecule has 0 aliphatic rings. The number of ketones is 1. The van der Waals surface area contributed by atoms with Gasteiger partial charge in [-0.25, -0.2) is 9.78 Å². The molecule has 1 atom stereocenters. The molecule has 138 valence electrons. The summed E-state index contributed by atoms with van der Waals surface area (Å²) >= 11 is 1.48. The van der Waals surface area contributed by atoms with Gasteiger partial charge in [-0.1, -0.05) is 12.1 Å². The number of Topliss-reactive ketones (excluding diaryl/α,β-unsaturated/α-hetero) is 1. The van der Waals surface area contributed by atoms with E-state index in [1.54, 1.807) is 37.3 Å². The summed E-state index contributed by atoms with van der Waals surface area (Å²) in [5, 5.41) is 0.707. The first-order valence-corrected chi connectivity index (χ1v) is 9.40. The van der Waals surface area contributed by atoms with Crippen LogP contribution in [0.3, 0.4) is 0 Å². The fourth-order valence-corrected chi connectivity index (χ4v) is 3.35. The van der Waals surface area contributed by atoms with Crippen LogP contribution < -0.4 is 4.74 Å². The monoisotopic (exact) mass is 381 g/mol. The zero-order valence-corrected chi connectivity index (χ0v) is 15.9. The van der Waals surface area contributed by atoms with Crippen molar-refractivity contribution in [1.82, 2.24) is 4.98 Å². The highest BCUT2D eigenvalue weighted by Gasteiger charge is 2.18. The average Bonchev–Trinajstić information content (AvgIpc) is 3.09. The van der Waals surface area contributed by atoms with Gasteiger partial charge in [-0.2, -0.15) is 0 Å². The van der Waals surface area contributed by atoms with Gasteiger partial charge in [0, 0.05) is 11.6 Å². The van der Waals surface area contributed by atoms with E-state index in [0.29, 0.717) is 22.9 Å². The minimum absolute atomic E-state index is 0.264. The fraction of sp³-hybridized carbons (Fsp3) is 0.190. The first kappa shape index (κ1) is 18.8. The molecule has 1 heterocycles. The standard InChI is InChI=1S/C21H19NO4S/c1-3-25-16-10-8-15(9-11-16)21(24)14(2)26-20(23)13-12-19-22-17-6-4-5-7-18(17)27-19/h4-14H,3H2,1-2H3/b13-12+/t14-/m0/s1. The van der Waals surface area contributed by atoms with Crippen molar-refractivity contribution < 1.29 is 19.1 Å². The number of hydrogen-bond donors (Lipinski definition) is 0. The highest BCUT2D eigenvalue weighted by atomic mass is 32.1. The van der Waals surface area contributed by atoms with Gasteiger partial charge in [0.15, 0.2) is 6.10 Å². The minimum Gasteiger partial charge on any atom is -0.494 e. The Morgan fingerprint density at radius 1 is 1.15 bits per heavy atom. The average molecular weight is 381 g/mol. The molecule has 0 saturated heterocycles. The predicted octanol–water partition coefficient (Wildman–Crippen LogP) is 4.52. The molecule has 5 nitrogen and oxygen atoms in total. The van der Waals surface area contributed by atoms with Crippen LogP contribution in [0.4, 0.5) is 0 Å². The van der Waals surface area contributed by atoms with Crippen molar-refractivity contribution in [3.63, 3.8) is 0 Å². The van der Waals surface area contributed by atoms with Crippen molar-refractivity contribution in [3.8, 4) is 5.75 Å². The summed E-state index contributed by atoms with van der Waals surface area (Å²) in [5.74, 6) is -0.154. The second kappa shape index (κ2) is 8.60. The Kier molecular flexibility index (Phi) is 5.98. The van der Waals surface area contributed by atoms with Crippen molar-refractivity contribution in [3.05, 3.63) is 65.2 Å². The van der Waals surface area contributed by atoms with Crippen LogP contribution in [0, 0.1) is 0 Å². The smallest absolute Gasteiger partial charge is 0.331 e. The Hall–Kier alpha value is -2.99. The quantitative estimate of drug-likeness (QED) is 0.342. The number of fused-ring (bicyclic) bond motifs is 1. The van der Waals surface area contributed by atoms with E-state index in [1.807, 2.05) is 31.2 Å². The lowest BCUT2D eigenvalue weighted by atomic mass is 10.1. The van der Waals surface area contributed by atoms with Gasteiger partial charge in [0.1, 0.15) is 10.8 Å². The maximum Gasteiger partial charge on any atom is 0.331 e. The molecule has 1 aromatic heterocycles. The highest BCUT2D eigenvalue weighted by molar-refractivity contribution is 7.19. The molecular weight excluding hydrogens is 362 g/mol. The number of carbonyl (C=O) groups is 2. The molecule has 0 bridgehead atoms. The number of ether oxygens (including phenoxy) is 2. The van der Waals surface area contributed by atoms with E-state index in [1.165, 1.54) is 17.4 Å². The van der Waals surface area contributed by atoms with E-state index in [4.69, 9.17) is 9.47 Å². The SMILES string of the molecule is CCOc1ccc(C(=O)[C@H](C)OC(=O)/C=C/c2nc3ccccc3s2)cc1. The van der Waals surface area contributed by atoms with Crippen molar-refractivity contribution in [2.24, 2.45) is 0 Å². The molecule has 0 fully saturated rings. The largest absolute Gasteiger partial charge is 0.494 e. The van der Waals surface area contributed by atoms with Crippen molar-refractivity contribution in [1.29, 1.82) is 0 Å². The van der Waals surface area contributed by atoms with Crippen LogP contribution in [0.5, 0.6) is 5.75 Å². The zero-order chi connectivity index (χ0) is 19.2. The summed E-state index contributed by atoms with van der Waals surface area (Å²) in [6.07, 6.45) is 2.01. The Morgan fingerprint density at radius 2 is 1.89 bits per heavy atom. The van der Waals surface area contributed by atoms with Gasteiger partial charge in [0.2, 0.25) is 5.78 Å². The Bertz CT molecular complexity index is 942. The highest BCUT2D eigenvalue weighted by Crippen LogP contribution is 2.22. The number of hydrogen-bond acceptors (Lipinski definition) is 6. The molecule has 0 unspecified atom stereocenters. The zero-order valence-electron chi connectivity index (χ0n) is 15.0. The Balaban J connectivity index is 1.59. The molecule has 3 rings (SSSR count). The normalized spacial score (nSPS) is 12.2. The van der Waals surface area contributed by atoms with Crippen molar-refractivity contribution in [2.75, 3.05) is 6.61 Å². The maximum atomic E-state index is 12.4. The maximum absolute atomic E-state index is 12.4. The second-order valence-corrected chi connectivity index (χ2v) is 6.82. The van der Waals surface area contributed by atoms with Crippen LogP contribution in [0.25, 0.3) is 16.3 Å². The second-order valence-electron chi connectivity index (χ2n) is 5.75. The van der Waals surface area contributed by atoms with Crippen molar-refractivity contribution in [2.45, 2.75) is 20.0 Å². The van der Waals surface area contributed by atoms with E-state index >= 15 is 0 Å². The number of esters is 1. The third kappa shape index (κ3) is 4.80. The van der Waals surface area contributed by atoms with Gasteiger partial charge < -0.3 is 9.47 Å². The summed E-state index contributed by atoms with van der Waals surface area (Å²) in [6.45, 7) is 4.01. The molecule has 0 amide bonds. The summed E-state index contributed by atoms with van der Waals surface area (Å²) in [7, 11) is 0. The summed E-state index contributed by atoms with van der Waals surface area (Å²) in [4.78, 5) is 28.8. The summed E-state index contributed by atoms with van der Waals surface area (Å²) < 4.78 is 11.6. The molecule has 0 aliphatic carbocycles. The molecular formula is C21H19NO4S. The third-order valence-electron chi connectivity index (χ3n) is 3.78. The first-order chi connectivity index (χ1) is 13.1. The van der Waals surface area contributed by atoms with Crippen LogP contribution in [0.1, 0.15) is 29.2 Å². The topological polar surface area (TPSA) is 65.5 Å². The van der Waals surface area contributed by atoms with Crippen LogP contribution in [-0.2, 0) is 9.53 Å². The molecule has 0 spiro atoms. The van der Waals surface area contributed by atoms with Gasteiger partial charge >= 0.3 is 5.97 Å². The lowest BCUT2D eigenvalue weighted by Crippen LogP contribution is -2.23. The van der Waals surface area contributed by atoms with E-state index in [-0.39, 0.29) is 5.78 Å². The van der Waals surface area contributed by atoms with Crippen molar-refractivity contribution >= 4 is 39.4 Å². The molecule has 0 saturated carbocycles. The van der Waals surface area contributed by atoms with Crippen LogP contribution in [-0.4, -0.2) is 29.4 Å². The Labute approximate surface area is 161 Å². The number of para-hydroxylation sites is 1. The number of rotatable bonds is 7. The number of nitrogens with zero attached hydrogens (tertiary/aromatic N) is 1. The van der Waals surface area contributed by atoms with Gasteiger partial charge in [-0.05, 0) is 56.3 Å². The fourth-order valence-electron chi connectivity index (χ4n) is 2.48. The van der Waals surface area contributed by atoms with E-state index in [0.717, 1.165) is 10.2 Å². The third-order valence-corrected chi connectivity index (χ3v) is 4.79. The van der Waals surface area contributed by atoms with E-state index in [9.17, 15) is 9.59 Å². The predicted molar refractivity (Wildman–Crippen MR) is 106 cm³/mol. The molecule has 6 heteroatoms. The number of thiazole rings is 1. The lowest BCUT2D eigenvalue weighted by Gasteiger charge is -2.11. The molecule has 0 N–H and O–H groups in total. The molecule has 2 aromatic carbocycles. The van der Waals surface area contributed by atoms with Crippen LogP contribution >= 0.6 is 11.3 Å². The molecule has 0 radical (unpaired) electrons. The first-order valence-electron chi connectivity index (χ1n) is 8.58. The molecule has 27 heavy (non-hydrogen) atoms. The molecule has 3 aromatic rings. The van der Waals surface area contributed by atoms with E-state index < -0.39 is 12.1 Å². The van der Waals surface area contributed by atoms with Gasteiger partial charge in [0.05, 0.1) is 16.8 Å². The van der Waals surface area contributed by atoms with Crippen LogP contribution in [0.2, 0.25) is 0 Å². The minimum atomic E-state index is -0.879. The number of aromatic nitrogens is 1. The lowest BCUT2D eigenvalue weighted by molar-refractivity contribution is -0.140. The van der Waals surface area contributed by atoms with Gasteiger partial charge in [0.25, 0.3) is 0 Å².